The minimum atomic E-state index is -0.137. The van der Waals surface area contributed by atoms with Gasteiger partial charge in [0.1, 0.15) is 0 Å². The van der Waals surface area contributed by atoms with Crippen LogP contribution in [0.1, 0.15) is 24.8 Å². The number of nitrogens with zero attached hydrogens (tertiary/aromatic N) is 3. The van der Waals surface area contributed by atoms with Crippen LogP contribution in [0.4, 0.5) is 0 Å². The molecule has 2 saturated heterocycles. The van der Waals surface area contributed by atoms with Gasteiger partial charge in [-0.1, -0.05) is 30.3 Å². The van der Waals surface area contributed by atoms with Gasteiger partial charge in [-0.2, -0.15) is 0 Å². The van der Waals surface area contributed by atoms with Crippen molar-refractivity contribution in [3.05, 3.63) is 35.9 Å². The number of amides is 2. The van der Waals surface area contributed by atoms with E-state index in [4.69, 9.17) is 0 Å². The Kier molecular flexibility index (Phi) is 6.08. The summed E-state index contributed by atoms with van der Waals surface area (Å²) in [5, 5.41) is 0. The van der Waals surface area contributed by atoms with Crippen molar-refractivity contribution in [1.82, 2.24) is 14.7 Å². The molecule has 0 spiro atoms. The molecule has 136 valence electrons. The van der Waals surface area contributed by atoms with Crippen LogP contribution in [0.3, 0.4) is 0 Å². The van der Waals surface area contributed by atoms with Gasteiger partial charge in [-0.3, -0.25) is 9.59 Å². The SMILES string of the molecule is CN1C[C@@H](C(=O)N2CCCN(CCCc3ccccc3)CC2)CC1=O. The minimum Gasteiger partial charge on any atom is -0.345 e. The van der Waals surface area contributed by atoms with E-state index in [0.29, 0.717) is 13.0 Å². The summed E-state index contributed by atoms with van der Waals surface area (Å²) in [5.74, 6) is 0.127. The monoisotopic (exact) mass is 343 g/mol. The van der Waals surface area contributed by atoms with Crippen molar-refractivity contribution in [3.8, 4) is 0 Å². The molecule has 0 unspecified atom stereocenters. The van der Waals surface area contributed by atoms with Gasteiger partial charge in [0.15, 0.2) is 0 Å². The van der Waals surface area contributed by atoms with Crippen LogP contribution in [-0.4, -0.2) is 72.8 Å². The molecule has 1 atom stereocenters. The Morgan fingerprint density at radius 2 is 1.92 bits per heavy atom. The molecule has 3 rings (SSSR count). The molecule has 2 amide bonds. The summed E-state index contributed by atoms with van der Waals surface area (Å²) in [6.45, 7) is 5.27. The highest BCUT2D eigenvalue weighted by Gasteiger charge is 2.35. The van der Waals surface area contributed by atoms with Crippen LogP contribution < -0.4 is 0 Å². The van der Waals surface area contributed by atoms with Crippen molar-refractivity contribution >= 4 is 11.8 Å². The highest BCUT2D eigenvalue weighted by molar-refractivity contribution is 5.89. The zero-order chi connectivity index (χ0) is 17.6. The maximum absolute atomic E-state index is 12.7. The van der Waals surface area contributed by atoms with Crippen molar-refractivity contribution < 1.29 is 9.59 Å². The van der Waals surface area contributed by atoms with E-state index >= 15 is 0 Å². The smallest absolute Gasteiger partial charge is 0.228 e. The standard InChI is InChI=1S/C20H29N3O2/c1-21-16-18(15-19(21)24)20(25)23-12-6-11-22(13-14-23)10-5-9-17-7-3-2-4-8-17/h2-4,7-8,18H,5-6,9-16H2,1H3/t18-/m0/s1. The summed E-state index contributed by atoms with van der Waals surface area (Å²) >= 11 is 0. The van der Waals surface area contributed by atoms with Gasteiger partial charge in [0.2, 0.25) is 11.8 Å². The number of carbonyl (C=O) groups is 2. The van der Waals surface area contributed by atoms with Crippen molar-refractivity contribution in [1.29, 1.82) is 0 Å². The molecule has 1 aromatic carbocycles. The van der Waals surface area contributed by atoms with Crippen LogP contribution in [0.2, 0.25) is 0 Å². The van der Waals surface area contributed by atoms with E-state index in [1.807, 2.05) is 4.90 Å². The lowest BCUT2D eigenvalue weighted by molar-refractivity contribution is -0.135. The molecule has 2 fully saturated rings. The zero-order valence-corrected chi connectivity index (χ0v) is 15.2. The second-order valence-electron chi connectivity index (χ2n) is 7.28. The molecule has 2 heterocycles. The maximum Gasteiger partial charge on any atom is 0.228 e. The van der Waals surface area contributed by atoms with E-state index in [0.717, 1.165) is 52.0 Å². The molecule has 0 saturated carbocycles. The number of aryl methyl sites for hydroxylation is 1. The van der Waals surface area contributed by atoms with Crippen molar-refractivity contribution in [2.45, 2.75) is 25.7 Å². The maximum atomic E-state index is 12.7. The van der Waals surface area contributed by atoms with Crippen LogP contribution in [0.15, 0.2) is 30.3 Å². The molecule has 5 heteroatoms. The number of carbonyl (C=O) groups excluding carboxylic acids is 2. The molecular weight excluding hydrogens is 314 g/mol. The lowest BCUT2D eigenvalue weighted by atomic mass is 10.1. The van der Waals surface area contributed by atoms with Gasteiger partial charge in [0.25, 0.3) is 0 Å². The third-order valence-corrected chi connectivity index (χ3v) is 5.37. The Bertz CT molecular complexity index is 590. The van der Waals surface area contributed by atoms with E-state index in [1.54, 1.807) is 11.9 Å². The Balaban J connectivity index is 1.42. The number of benzene rings is 1. The Morgan fingerprint density at radius 3 is 2.64 bits per heavy atom. The minimum absolute atomic E-state index is 0.0933. The van der Waals surface area contributed by atoms with Gasteiger partial charge in [-0.15, -0.1) is 0 Å². The molecule has 0 aromatic heterocycles. The molecule has 2 aliphatic heterocycles. The Morgan fingerprint density at radius 1 is 1.12 bits per heavy atom. The van der Waals surface area contributed by atoms with Crippen LogP contribution >= 0.6 is 0 Å². The van der Waals surface area contributed by atoms with Gasteiger partial charge in [0.05, 0.1) is 5.92 Å². The summed E-state index contributed by atoms with van der Waals surface area (Å²) in [6, 6.07) is 10.6. The van der Waals surface area contributed by atoms with Crippen LogP contribution in [0.25, 0.3) is 0 Å². The Hall–Kier alpha value is -1.88. The van der Waals surface area contributed by atoms with E-state index in [1.165, 1.54) is 5.56 Å². The number of hydrogen-bond donors (Lipinski definition) is 0. The molecule has 0 radical (unpaired) electrons. The lowest BCUT2D eigenvalue weighted by Gasteiger charge is -2.24. The van der Waals surface area contributed by atoms with Gasteiger partial charge in [0, 0.05) is 39.6 Å². The van der Waals surface area contributed by atoms with Crippen molar-refractivity contribution in [2.75, 3.05) is 46.3 Å². The third kappa shape index (κ3) is 4.82. The first-order valence-corrected chi connectivity index (χ1v) is 9.42. The van der Waals surface area contributed by atoms with Crippen LogP contribution in [0, 0.1) is 5.92 Å². The topological polar surface area (TPSA) is 43.9 Å². The Labute approximate surface area is 150 Å². The second kappa shape index (κ2) is 8.48. The van der Waals surface area contributed by atoms with E-state index < -0.39 is 0 Å². The molecular formula is C20H29N3O2. The normalized spacial score (nSPS) is 22.3. The first-order chi connectivity index (χ1) is 12.1. The molecule has 1 aromatic rings. The summed E-state index contributed by atoms with van der Waals surface area (Å²) < 4.78 is 0. The quantitative estimate of drug-likeness (QED) is 0.816. The third-order valence-electron chi connectivity index (χ3n) is 5.37. The fraction of sp³-hybridized carbons (Fsp3) is 0.600. The van der Waals surface area contributed by atoms with E-state index in [9.17, 15) is 9.59 Å². The predicted molar refractivity (Wildman–Crippen MR) is 98.1 cm³/mol. The molecule has 5 nitrogen and oxygen atoms in total. The number of likely N-dealkylation sites (tertiary alicyclic amines) is 1. The number of hydrogen-bond acceptors (Lipinski definition) is 3. The van der Waals surface area contributed by atoms with E-state index in [2.05, 4.69) is 35.2 Å². The summed E-state index contributed by atoms with van der Waals surface area (Å²) in [5.41, 5.74) is 1.39. The molecule has 25 heavy (non-hydrogen) atoms. The molecule has 0 N–H and O–H groups in total. The lowest BCUT2D eigenvalue weighted by Crippen LogP contribution is -2.39. The predicted octanol–water partition coefficient (Wildman–Crippen LogP) is 1.63. The van der Waals surface area contributed by atoms with Gasteiger partial charge in [-0.25, -0.2) is 0 Å². The van der Waals surface area contributed by atoms with Crippen LogP contribution in [-0.2, 0) is 16.0 Å². The summed E-state index contributed by atoms with van der Waals surface area (Å²) in [6.07, 6.45) is 3.66. The first kappa shape index (κ1) is 17.9. The highest BCUT2D eigenvalue weighted by atomic mass is 16.2. The second-order valence-corrected chi connectivity index (χ2v) is 7.28. The fourth-order valence-corrected chi connectivity index (χ4v) is 3.85. The molecule has 0 aliphatic carbocycles. The van der Waals surface area contributed by atoms with Gasteiger partial charge in [-0.05, 0) is 37.9 Å². The number of rotatable bonds is 5. The van der Waals surface area contributed by atoms with E-state index in [-0.39, 0.29) is 17.7 Å². The largest absolute Gasteiger partial charge is 0.345 e. The average Bonchev–Trinajstić information content (AvgIpc) is 2.83. The van der Waals surface area contributed by atoms with Crippen molar-refractivity contribution in [3.63, 3.8) is 0 Å². The summed E-state index contributed by atoms with van der Waals surface area (Å²) in [4.78, 5) is 30.5. The average molecular weight is 343 g/mol. The van der Waals surface area contributed by atoms with Gasteiger partial charge < -0.3 is 14.7 Å². The highest BCUT2D eigenvalue weighted by Crippen LogP contribution is 2.19. The van der Waals surface area contributed by atoms with Crippen molar-refractivity contribution in [2.24, 2.45) is 5.92 Å². The molecule has 0 bridgehead atoms. The van der Waals surface area contributed by atoms with Gasteiger partial charge >= 0.3 is 0 Å². The molecule has 2 aliphatic rings. The first-order valence-electron chi connectivity index (χ1n) is 9.42. The van der Waals surface area contributed by atoms with Crippen LogP contribution in [0.5, 0.6) is 0 Å². The summed E-state index contributed by atoms with van der Waals surface area (Å²) in [7, 11) is 1.78. The zero-order valence-electron chi connectivity index (χ0n) is 15.2. The fourth-order valence-electron chi connectivity index (χ4n) is 3.85.